The summed E-state index contributed by atoms with van der Waals surface area (Å²) in [6.45, 7) is 0. The maximum Gasteiger partial charge on any atom is 0.120 e. The maximum atomic E-state index is 11.4. The van der Waals surface area contributed by atoms with E-state index >= 15 is 0 Å². The van der Waals surface area contributed by atoms with Gasteiger partial charge in [0.25, 0.3) is 0 Å². The molecular formula is C23H18O. The molecule has 4 aromatic carbocycles. The topological polar surface area (TPSA) is 17.1 Å². The van der Waals surface area contributed by atoms with E-state index in [1.54, 1.807) is 0 Å². The average molecular weight is 310 g/mol. The molecule has 0 radical (unpaired) electrons. The normalized spacial score (nSPS) is 11.2. The molecule has 0 aliphatic heterocycles. The molecule has 0 saturated heterocycles. The number of rotatable bonds is 4. The summed E-state index contributed by atoms with van der Waals surface area (Å²) in [5.41, 5.74) is 2.44. The minimum absolute atomic E-state index is 0.0692. The molecule has 0 aliphatic carbocycles. The number of hydrogen-bond acceptors (Lipinski definition) is 1. The standard InChI is InChI=1S/C23H18O/c24-16-15-23(21-13-5-9-17-7-1-3-11-19(17)21)22-14-6-10-18-8-2-4-12-20(18)22/h1-14,16,23H,15H2. The average Bonchev–Trinajstić information content (AvgIpc) is 2.65. The Hall–Kier alpha value is -2.93. The van der Waals surface area contributed by atoms with Crippen molar-refractivity contribution in [2.24, 2.45) is 0 Å². The molecule has 0 spiro atoms. The molecule has 0 amide bonds. The van der Waals surface area contributed by atoms with Crippen LogP contribution in [0.2, 0.25) is 0 Å². The van der Waals surface area contributed by atoms with Crippen LogP contribution in [0.15, 0.2) is 84.9 Å². The fourth-order valence-electron chi connectivity index (χ4n) is 3.63. The molecule has 4 aromatic rings. The second-order valence-electron chi connectivity index (χ2n) is 6.09. The predicted octanol–water partition coefficient (Wildman–Crippen LogP) is 5.71. The van der Waals surface area contributed by atoms with E-state index in [0.717, 1.165) is 6.29 Å². The third kappa shape index (κ3) is 2.48. The van der Waals surface area contributed by atoms with E-state index in [2.05, 4.69) is 84.9 Å². The molecule has 0 aromatic heterocycles. The van der Waals surface area contributed by atoms with E-state index in [-0.39, 0.29) is 5.92 Å². The highest BCUT2D eigenvalue weighted by Gasteiger charge is 2.18. The first-order valence-corrected chi connectivity index (χ1v) is 8.27. The lowest BCUT2D eigenvalue weighted by atomic mass is 9.83. The van der Waals surface area contributed by atoms with Crippen LogP contribution < -0.4 is 0 Å². The first-order valence-electron chi connectivity index (χ1n) is 8.27. The van der Waals surface area contributed by atoms with Crippen molar-refractivity contribution in [1.29, 1.82) is 0 Å². The lowest BCUT2D eigenvalue weighted by Crippen LogP contribution is -2.04. The fraction of sp³-hybridized carbons (Fsp3) is 0.0870. The van der Waals surface area contributed by atoms with E-state index < -0.39 is 0 Å². The van der Waals surface area contributed by atoms with E-state index in [9.17, 15) is 4.79 Å². The Morgan fingerprint density at radius 1 is 0.625 bits per heavy atom. The second-order valence-corrected chi connectivity index (χ2v) is 6.09. The van der Waals surface area contributed by atoms with Crippen LogP contribution in [0.25, 0.3) is 21.5 Å². The molecule has 0 heterocycles. The van der Waals surface area contributed by atoms with Gasteiger partial charge in [0, 0.05) is 12.3 Å². The quantitative estimate of drug-likeness (QED) is 0.441. The summed E-state index contributed by atoms with van der Waals surface area (Å²) in [6, 6.07) is 29.5. The summed E-state index contributed by atoms with van der Waals surface area (Å²) in [6.07, 6.45) is 1.52. The van der Waals surface area contributed by atoms with Crippen LogP contribution in [0.4, 0.5) is 0 Å². The highest BCUT2D eigenvalue weighted by molar-refractivity contribution is 5.90. The minimum Gasteiger partial charge on any atom is -0.303 e. The molecule has 0 saturated carbocycles. The molecule has 0 N–H and O–H groups in total. The summed E-state index contributed by atoms with van der Waals surface area (Å²) >= 11 is 0. The van der Waals surface area contributed by atoms with Crippen LogP contribution >= 0.6 is 0 Å². The Kier molecular flexibility index (Phi) is 3.84. The number of carbonyl (C=O) groups excluding carboxylic acids is 1. The van der Waals surface area contributed by atoms with Crippen LogP contribution in [0.3, 0.4) is 0 Å². The Morgan fingerprint density at radius 2 is 1.08 bits per heavy atom. The SMILES string of the molecule is O=CCC(c1cccc2ccccc12)c1cccc2ccccc12. The van der Waals surface area contributed by atoms with Crippen LogP contribution in [0.1, 0.15) is 23.5 Å². The van der Waals surface area contributed by atoms with E-state index in [1.807, 2.05) is 0 Å². The van der Waals surface area contributed by atoms with Crippen molar-refractivity contribution in [2.45, 2.75) is 12.3 Å². The van der Waals surface area contributed by atoms with E-state index in [4.69, 9.17) is 0 Å². The largest absolute Gasteiger partial charge is 0.303 e. The van der Waals surface area contributed by atoms with Crippen LogP contribution in [0.5, 0.6) is 0 Å². The van der Waals surface area contributed by atoms with Crippen LogP contribution in [-0.2, 0) is 4.79 Å². The van der Waals surface area contributed by atoms with Crippen LogP contribution in [0, 0.1) is 0 Å². The zero-order valence-electron chi connectivity index (χ0n) is 13.4. The zero-order chi connectivity index (χ0) is 16.4. The summed E-state index contributed by atoms with van der Waals surface area (Å²) in [5.74, 6) is 0.0692. The predicted molar refractivity (Wildman–Crippen MR) is 100 cm³/mol. The lowest BCUT2D eigenvalue weighted by Gasteiger charge is -2.20. The van der Waals surface area contributed by atoms with Gasteiger partial charge < -0.3 is 4.79 Å². The summed E-state index contributed by atoms with van der Waals surface area (Å²) < 4.78 is 0. The molecule has 4 rings (SSSR count). The maximum absolute atomic E-state index is 11.4. The van der Waals surface area contributed by atoms with Gasteiger partial charge >= 0.3 is 0 Å². The van der Waals surface area contributed by atoms with Crippen molar-refractivity contribution < 1.29 is 4.79 Å². The van der Waals surface area contributed by atoms with Crippen molar-refractivity contribution in [3.8, 4) is 0 Å². The van der Waals surface area contributed by atoms with Gasteiger partial charge in [0.05, 0.1) is 0 Å². The van der Waals surface area contributed by atoms with Gasteiger partial charge in [-0.25, -0.2) is 0 Å². The van der Waals surface area contributed by atoms with Crippen molar-refractivity contribution >= 4 is 27.8 Å². The van der Waals surface area contributed by atoms with Crippen molar-refractivity contribution in [1.82, 2.24) is 0 Å². The fourth-order valence-corrected chi connectivity index (χ4v) is 3.63. The molecule has 0 fully saturated rings. The lowest BCUT2D eigenvalue weighted by molar-refractivity contribution is -0.108. The molecule has 0 unspecified atom stereocenters. The van der Waals surface area contributed by atoms with E-state index in [0.29, 0.717) is 6.42 Å². The Balaban J connectivity index is 1.98. The summed E-state index contributed by atoms with van der Waals surface area (Å²) in [7, 11) is 0. The first-order chi connectivity index (χ1) is 11.9. The summed E-state index contributed by atoms with van der Waals surface area (Å²) in [5, 5.41) is 4.87. The Morgan fingerprint density at radius 3 is 1.58 bits per heavy atom. The molecule has 0 atom stereocenters. The minimum atomic E-state index is 0.0692. The summed E-state index contributed by atoms with van der Waals surface area (Å²) in [4.78, 5) is 11.4. The van der Waals surface area contributed by atoms with Gasteiger partial charge in [-0.3, -0.25) is 0 Å². The molecule has 116 valence electrons. The number of benzene rings is 4. The molecule has 24 heavy (non-hydrogen) atoms. The van der Waals surface area contributed by atoms with Crippen molar-refractivity contribution in [3.63, 3.8) is 0 Å². The zero-order valence-corrected chi connectivity index (χ0v) is 13.4. The molecule has 1 nitrogen and oxygen atoms in total. The van der Waals surface area contributed by atoms with Gasteiger partial charge in [0.1, 0.15) is 6.29 Å². The number of aldehydes is 1. The van der Waals surface area contributed by atoms with Crippen molar-refractivity contribution in [2.75, 3.05) is 0 Å². The Labute approximate surface area is 141 Å². The van der Waals surface area contributed by atoms with Gasteiger partial charge in [-0.1, -0.05) is 84.9 Å². The van der Waals surface area contributed by atoms with E-state index in [1.165, 1.54) is 32.7 Å². The van der Waals surface area contributed by atoms with Gasteiger partial charge in [-0.05, 0) is 32.7 Å². The number of hydrogen-bond donors (Lipinski definition) is 0. The molecule has 0 bridgehead atoms. The molecule has 0 aliphatic rings. The van der Waals surface area contributed by atoms with Crippen LogP contribution in [-0.4, -0.2) is 6.29 Å². The molecular weight excluding hydrogens is 292 g/mol. The van der Waals surface area contributed by atoms with Gasteiger partial charge in [-0.15, -0.1) is 0 Å². The highest BCUT2D eigenvalue weighted by atomic mass is 16.1. The monoisotopic (exact) mass is 310 g/mol. The smallest absolute Gasteiger partial charge is 0.120 e. The van der Waals surface area contributed by atoms with Crippen molar-refractivity contribution in [3.05, 3.63) is 96.1 Å². The third-order valence-corrected chi connectivity index (χ3v) is 4.73. The molecule has 1 heteroatoms. The second kappa shape index (κ2) is 6.29. The first kappa shape index (κ1) is 14.6. The Bertz CT molecular complexity index is 927. The van der Waals surface area contributed by atoms with Gasteiger partial charge in [0.2, 0.25) is 0 Å². The van der Waals surface area contributed by atoms with Gasteiger partial charge in [-0.2, -0.15) is 0 Å². The number of carbonyl (C=O) groups is 1. The highest BCUT2D eigenvalue weighted by Crippen LogP contribution is 2.36. The third-order valence-electron chi connectivity index (χ3n) is 4.73. The van der Waals surface area contributed by atoms with Gasteiger partial charge in [0.15, 0.2) is 0 Å². The number of fused-ring (bicyclic) bond motifs is 2.